The summed E-state index contributed by atoms with van der Waals surface area (Å²) < 4.78 is 0. The molecule has 2 atom stereocenters. The van der Waals surface area contributed by atoms with Gasteiger partial charge in [0.2, 0.25) is 0 Å². The smallest absolute Gasteiger partial charge is 0.131 e. The third-order valence-corrected chi connectivity index (χ3v) is 4.08. The Morgan fingerprint density at radius 1 is 1.35 bits per heavy atom. The molecule has 2 unspecified atom stereocenters. The van der Waals surface area contributed by atoms with E-state index in [0.717, 1.165) is 30.3 Å². The molecule has 17 heavy (non-hydrogen) atoms. The molecule has 0 aliphatic carbocycles. The van der Waals surface area contributed by atoms with Gasteiger partial charge in [-0.1, -0.05) is 35.8 Å². The van der Waals surface area contributed by atoms with Crippen LogP contribution in [-0.4, -0.2) is 18.1 Å². The highest BCUT2D eigenvalue weighted by Gasteiger charge is 2.23. The van der Waals surface area contributed by atoms with E-state index in [1.807, 2.05) is 6.20 Å². The largest absolute Gasteiger partial charge is 0.356 e. The minimum Gasteiger partial charge on any atom is -0.356 e. The quantitative estimate of drug-likeness (QED) is 0.773. The lowest BCUT2D eigenvalue weighted by atomic mass is 9.91. The normalized spacial score (nSPS) is 25.1. The van der Waals surface area contributed by atoms with Crippen LogP contribution in [0.2, 0.25) is 0 Å². The molecule has 0 spiro atoms. The van der Waals surface area contributed by atoms with E-state index in [2.05, 4.69) is 52.7 Å². The molecule has 1 aromatic rings. The Balaban J connectivity index is 2.21. The first-order valence-corrected chi connectivity index (χ1v) is 7.48. The Kier molecular flexibility index (Phi) is 4.08. The van der Waals surface area contributed by atoms with Gasteiger partial charge >= 0.3 is 0 Å². The maximum absolute atomic E-state index is 4.64. The van der Waals surface area contributed by atoms with Crippen molar-refractivity contribution in [1.82, 2.24) is 4.98 Å². The minimum atomic E-state index is 0.774. The van der Waals surface area contributed by atoms with Crippen molar-refractivity contribution in [2.24, 2.45) is 11.8 Å². The standard InChI is InChI=1S/C14H21BrN2/c1-10-4-11(2)9-17(8-10)14-12(3)5-13(6-15)7-16-14/h5,7,10-11H,4,6,8-9H2,1-3H3. The predicted octanol–water partition coefficient (Wildman–Crippen LogP) is 3.77. The highest BCUT2D eigenvalue weighted by molar-refractivity contribution is 9.08. The van der Waals surface area contributed by atoms with E-state index in [1.54, 1.807) is 0 Å². The summed E-state index contributed by atoms with van der Waals surface area (Å²) in [5.41, 5.74) is 2.55. The summed E-state index contributed by atoms with van der Waals surface area (Å²) in [5.74, 6) is 2.72. The molecule has 0 amide bonds. The molecule has 0 bridgehead atoms. The van der Waals surface area contributed by atoms with Crippen molar-refractivity contribution in [3.05, 3.63) is 23.4 Å². The van der Waals surface area contributed by atoms with Crippen molar-refractivity contribution in [3.8, 4) is 0 Å². The summed E-state index contributed by atoms with van der Waals surface area (Å²) in [6, 6.07) is 2.24. The van der Waals surface area contributed by atoms with Gasteiger partial charge < -0.3 is 4.90 Å². The summed E-state index contributed by atoms with van der Waals surface area (Å²) in [6.45, 7) is 9.13. The molecular weight excluding hydrogens is 276 g/mol. The second-order valence-corrected chi connectivity index (χ2v) is 6.03. The highest BCUT2D eigenvalue weighted by atomic mass is 79.9. The van der Waals surface area contributed by atoms with E-state index in [4.69, 9.17) is 0 Å². The summed E-state index contributed by atoms with van der Waals surface area (Å²) >= 11 is 3.48. The minimum absolute atomic E-state index is 0.774. The molecule has 1 saturated heterocycles. The lowest BCUT2D eigenvalue weighted by Crippen LogP contribution is -2.39. The number of alkyl halides is 1. The van der Waals surface area contributed by atoms with Gasteiger partial charge in [-0.15, -0.1) is 0 Å². The van der Waals surface area contributed by atoms with Crippen LogP contribution in [0.4, 0.5) is 5.82 Å². The molecule has 2 nitrogen and oxygen atoms in total. The average Bonchev–Trinajstić information content (AvgIpc) is 2.27. The van der Waals surface area contributed by atoms with Crippen LogP contribution < -0.4 is 4.90 Å². The highest BCUT2D eigenvalue weighted by Crippen LogP contribution is 2.27. The number of piperidine rings is 1. The van der Waals surface area contributed by atoms with Gasteiger partial charge in [-0.2, -0.15) is 0 Å². The number of rotatable bonds is 2. The first-order chi connectivity index (χ1) is 8.10. The van der Waals surface area contributed by atoms with Crippen LogP contribution in [0, 0.1) is 18.8 Å². The summed E-state index contributed by atoms with van der Waals surface area (Å²) in [6.07, 6.45) is 3.33. The molecule has 0 aromatic carbocycles. The lowest BCUT2D eigenvalue weighted by Gasteiger charge is -2.36. The molecule has 3 heteroatoms. The van der Waals surface area contributed by atoms with E-state index < -0.39 is 0 Å². The van der Waals surface area contributed by atoms with Crippen molar-refractivity contribution in [3.63, 3.8) is 0 Å². The number of hydrogen-bond acceptors (Lipinski definition) is 2. The van der Waals surface area contributed by atoms with Gasteiger partial charge in [0.1, 0.15) is 5.82 Å². The number of pyridine rings is 1. The fourth-order valence-electron chi connectivity index (χ4n) is 2.87. The maximum Gasteiger partial charge on any atom is 0.131 e. The lowest BCUT2D eigenvalue weighted by molar-refractivity contribution is 0.355. The molecule has 1 aliphatic rings. The zero-order valence-electron chi connectivity index (χ0n) is 10.9. The fraction of sp³-hybridized carbons (Fsp3) is 0.643. The second-order valence-electron chi connectivity index (χ2n) is 5.47. The van der Waals surface area contributed by atoms with Gasteiger partial charge in [0.05, 0.1) is 0 Å². The van der Waals surface area contributed by atoms with Crippen molar-refractivity contribution in [2.45, 2.75) is 32.5 Å². The second kappa shape index (κ2) is 5.38. The number of aryl methyl sites for hydroxylation is 1. The number of nitrogens with zero attached hydrogens (tertiary/aromatic N) is 2. The van der Waals surface area contributed by atoms with Crippen LogP contribution in [0.15, 0.2) is 12.3 Å². The molecule has 1 aromatic heterocycles. The van der Waals surface area contributed by atoms with Gasteiger partial charge in [0.25, 0.3) is 0 Å². The average molecular weight is 297 g/mol. The van der Waals surface area contributed by atoms with Crippen LogP contribution in [0.5, 0.6) is 0 Å². The van der Waals surface area contributed by atoms with Crippen LogP contribution in [0.1, 0.15) is 31.4 Å². The molecule has 1 fully saturated rings. The van der Waals surface area contributed by atoms with Crippen molar-refractivity contribution >= 4 is 21.7 Å². The van der Waals surface area contributed by atoms with E-state index in [-0.39, 0.29) is 0 Å². The van der Waals surface area contributed by atoms with E-state index in [9.17, 15) is 0 Å². The third-order valence-electron chi connectivity index (χ3n) is 3.43. The van der Waals surface area contributed by atoms with Crippen LogP contribution >= 0.6 is 15.9 Å². The van der Waals surface area contributed by atoms with Gasteiger partial charge in [-0.05, 0) is 36.3 Å². The SMILES string of the molecule is Cc1cc(CBr)cnc1N1CC(C)CC(C)C1. The molecule has 0 N–H and O–H groups in total. The van der Waals surface area contributed by atoms with E-state index in [0.29, 0.717) is 0 Å². The van der Waals surface area contributed by atoms with Crippen LogP contribution in [0.3, 0.4) is 0 Å². The zero-order valence-corrected chi connectivity index (χ0v) is 12.5. The first kappa shape index (κ1) is 12.9. The molecule has 2 heterocycles. The fourth-order valence-corrected chi connectivity index (χ4v) is 3.17. The predicted molar refractivity (Wildman–Crippen MR) is 76.8 cm³/mol. The Bertz CT molecular complexity index is 382. The van der Waals surface area contributed by atoms with Gasteiger partial charge in [0, 0.05) is 24.6 Å². The van der Waals surface area contributed by atoms with Crippen molar-refractivity contribution in [1.29, 1.82) is 0 Å². The van der Waals surface area contributed by atoms with Crippen molar-refractivity contribution < 1.29 is 0 Å². The Morgan fingerprint density at radius 3 is 2.53 bits per heavy atom. The molecule has 94 valence electrons. The molecular formula is C14H21BrN2. The third kappa shape index (κ3) is 3.01. The molecule has 0 saturated carbocycles. The Labute approximate surface area is 113 Å². The molecule has 1 aliphatic heterocycles. The van der Waals surface area contributed by atoms with Crippen molar-refractivity contribution in [2.75, 3.05) is 18.0 Å². The van der Waals surface area contributed by atoms with Gasteiger partial charge in [-0.25, -0.2) is 4.98 Å². The Hall–Kier alpha value is -0.570. The Morgan fingerprint density at radius 2 is 2.00 bits per heavy atom. The number of hydrogen-bond donors (Lipinski definition) is 0. The monoisotopic (exact) mass is 296 g/mol. The summed E-state index contributed by atoms with van der Waals surface area (Å²) in [4.78, 5) is 7.09. The molecule has 0 radical (unpaired) electrons. The zero-order chi connectivity index (χ0) is 12.4. The van der Waals surface area contributed by atoms with Crippen LogP contribution in [-0.2, 0) is 5.33 Å². The number of aromatic nitrogens is 1. The topological polar surface area (TPSA) is 16.1 Å². The maximum atomic E-state index is 4.64. The van der Waals surface area contributed by atoms with Crippen LogP contribution in [0.25, 0.3) is 0 Å². The van der Waals surface area contributed by atoms with Gasteiger partial charge in [-0.3, -0.25) is 0 Å². The number of anilines is 1. The summed E-state index contributed by atoms with van der Waals surface area (Å²) in [7, 11) is 0. The first-order valence-electron chi connectivity index (χ1n) is 6.36. The number of halogens is 1. The summed E-state index contributed by atoms with van der Waals surface area (Å²) in [5, 5.41) is 0.883. The van der Waals surface area contributed by atoms with E-state index >= 15 is 0 Å². The van der Waals surface area contributed by atoms with E-state index in [1.165, 1.54) is 23.4 Å². The van der Waals surface area contributed by atoms with Gasteiger partial charge in [0.15, 0.2) is 0 Å². The molecule has 2 rings (SSSR count).